The lowest BCUT2D eigenvalue weighted by Crippen LogP contribution is -2.45. The number of nitrogens with two attached hydrogens (primary N) is 1. The number of carbonyl (C=O) groups is 2. The van der Waals surface area contributed by atoms with E-state index in [2.05, 4.69) is 15.5 Å². The molecular formula is C16H24N4O3. The Hall–Kier alpha value is -1.89. The fourth-order valence-corrected chi connectivity index (χ4v) is 3.36. The molecule has 0 spiro atoms. The standard InChI is InChI=1S/C16H24N4O3/c17-16(22)14-8-13(19-20-14)10-6-11(7-10)18-15(21)9-23-12-4-2-1-3-5-12/h8,10-12H,1-7,9H2,(H2,17,22)(H,18,21)(H,19,20). The number of amides is 2. The van der Waals surface area contributed by atoms with E-state index in [4.69, 9.17) is 10.5 Å². The first kappa shape index (κ1) is 16.0. The lowest BCUT2D eigenvalue weighted by Gasteiger charge is -2.35. The van der Waals surface area contributed by atoms with E-state index in [1.807, 2.05) is 0 Å². The number of ether oxygens (including phenoxy) is 1. The van der Waals surface area contributed by atoms with E-state index >= 15 is 0 Å². The first-order chi connectivity index (χ1) is 11.1. The highest BCUT2D eigenvalue weighted by atomic mass is 16.5. The minimum atomic E-state index is -0.531. The van der Waals surface area contributed by atoms with Gasteiger partial charge in [0.15, 0.2) is 0 Å². The average molecular weight is 320 g/mol. The summed E-state index contributed by atoms with van der Waals surface area (Å²) < 4.78 is 5.68. The number of H-pyrrole nitrogens is 1. The summed E-state index contributed by atoms with van der Waals surface area (Å²) in [7, 11) is 0. The molecule has 2 aliphatic carbocycles. The molecule has 0 aliphatic heterocycles. The minimum absolute atomic E-state index is 0.0403. The third-order valence-corrected chi connectivity index (χ3v) is 4.80. The van der Waals surface area contributed by atoms with Gasteiger partial charge < -0.3 is 15.8 Å². The van der Waals surface area contributed by atoms with Gasteiger partial charge in [0.25, 0.3) is 5.91 Å². The predicted molar refractivity (Wildman–Crippen MR) is 83.8 cm³/mol. The normalized spacial score (nSPS) is 24.9. The smallest absolute Gasteiger partial charge is 0.269 e. The quantitative estimate of drug-likeness (QED) is 0.732. The molecule has 0 unspecified atom stereocenters. The zero-order chi connectivity index (χ0) is 16.2. The molecule has 2 fully saturated rings. The highest BCUT2D eigenvalue weighted by molar-refractivity contribution is 5.90. The Morgan fingerprint density at radius 3 is 2.70 bits per heavy atom. The van der Waals surface area contributed by atoms with Crippen molar-refractivity contribution in [2.45, 2.75) is 63.0 Å². The van der Waals surface area contributed by atoms with Crippen molar-refractivity contribution in [2.24, 2.45) is 5.73 Å². The van der Waals surface area contributed by atoms with Crippen molar-refractivity contribution in [3.63, 3.8) is 0 Å². The molecule has 1 aromatic heterocycles. The molecular weight excluding hydrogens is 296 g/mol. The lowest BCUT2D eigenvalue weighted by atomic mass is 9.78. The van der Waals surface area contributed by atoms with Crippen LogP contribution in [-0.4, -0.2) is 40.8 Å². The van der Waals surface area contributed by atoms with E-state index < -0.39 is 5.91 Å². The van der Waals surface area contributed by atoms with Gasteiger partial charge in [-0.2, -0.15) is 5.10 Å². The minimum Gasteiger partial charge on any atom is -0.368 e. The molecule has 126 valence electrons. The van der Waals surface area contributed by atoms with Crippen LogP contribution in [0.2, 0.25) is 0 Å². The first-order valence-electron chi connectivity index (χ1n) is 8.38. The van der Waals surface area contributed by atoms with Gasteiger partial charge in [0.05, 0.1) is 6.10 Å². The Kier molecular flexibility index (Phi) is 4.95. The van der Waals surface area contributed by atoms with Crippen LogP contribution in [0, 0.1) is 0 Å². The van der Waals surface area contributed by atoms with Crippen molar-refractivity contribution in [1.82, 2.24) is 15.5 Å². The van der Waals surface area contributed by atoms with Crippen molar-refractivity contribution in [1.29, 1.82) is 0 Å². The van der Waals surface area contributed by atoms with Crippen molar-refractivity contribution in [2.75, 3.05) is 6.61 Å². The van der Waals surface area contributed by atoms with Gasteiger partial charge in [-0.05, 0) is 31.7 Å². The van der Waals surface area contributed by atoms with E-state index in [9.17, 15) is 9.59 Å². The first-order valence-corrected chi connectivity index (χ1v) is 8.38. The van der Waals surface area contributed by atoms with Crippen LogP contribution in [0.5, 0.6) is 0 Å². The molecule has 4 N–H and O–H groups in total. The summed E-state index contributed by atoms with van der Waals surface area (Å²) in [5, 5.41) is 9.72. The number of aromatic amines is 1. The number of aromatic nitrogens is 2. The van der Waals surface area contributed by atoms with Crippen molar-refractivity contribution >= 4 is 11.8 Å². The Balaban J connectivity index is 1.36. The third kappa shape index (κ3) is 4.10. The lowest BCUT2D eigenvalue weighted by molar-refractivity contribution is -0.129. The van der Waals surface area contributed by atoms with Gasteiger partial charge in [-0.3, -0.25) is 14.7 Å². The molecule has 0 bridgehead atoms. The highest BCUT2D eigenvalue weighted by Gasteiger charge is 2.33. The van der Waals surface area contributed by atoms with E-state index in [1.165, 1.54) is 19.3 Å². The molecule has 0 atom stereocenters. The second-order valence-electron chi connectivity index (χ2n) is 6.58. The van der Waals surface area contributed by atoms with Crippen molar-refractivity contribution in [3.05, 3.63) is 17.5 Å². The van der Waals surface area contributed by atoms with Crippen LogP contribution < -0.4 is 11.1 Å². The zero-order valence-corrected chi connectivity index (χ0v) is 13.2. The molecule has 1 heterocycles. The molecule has 0 aromatic carbocycles. The maximum atomic E-state index is 11.9. The Morgan fingerprint density at radius 2 is 2.04 bits per heavy atom. The van der Waals surface area contributed by atoms with Crippen molar-refractivity contribution in [3.8, 4) is 0 Å². The number of carbonyl (C=O) groups excluding carboxylic acids is 2. The van der Waals surface area contributed by atoms with Gasteiger partial charge in [0, 0.05) is 17.7 Å². The zero-order valence-electron chi connectivity index (χ0n) is 13.2. The van der Waals surface area contributed by atoms with Crippen LogP contribution in [0.1, 0.15) is 67.0 Å². The van der Waals surface area contributed by atoms with Crippen LogP contribution in [0.3, 0.4) is 0 Å². The van der Waals surface area contributed by atoms with Gasteiger partial charge >= 0.3 is 0 Å². The summed E-state index contributed by atoms with van der Waals surface area (Å²) in [5.74, 6) is -0.279. The number of nitrogens with zero attached hydrogens (tertiary/aromatic N) is 1. The second-order valence-corrected chi connectivity index (χ2v) is 6.58. The Labute approximate surface area is 135 Å². The number of rotatable bonds is 6. The molecule has 3 rings (SSSR count). The van der Waals surface area contributed by atoms with Crippen LogP contribution in [0.15, 0.2) is 6.07 Å². The molecule has 7 nitrogen and oxygen atoms in total. The van der Waals surface area contributed by atoms with E-state index in [1.54, 1.807) is 6.07 Å². The highest BCUT2D eigenvalue weighted by Crippen LogP contribution is 2.36. The monoisotopic (exact) mass is 320 g/mol. The summed E-state index contributed by atoms with van der Waals surface area (Å²) >= 11 is 0. The molecule has 7 heteroatoms. The fraction of sp³-hybridized carbons (Fsp3) is 0.688. The van der Waals surface area contributed by atoms with Gasteiger partial charge in [0.1, 0.15) is 12.3 Å². The summed E-state index contributed by atoms with van der Waals surface area (Å²) in [4.78, 5) is 22.9. The van der Waals surface area contributed by atoms with Gasteiger partial charge in [-0.15, -0.1) is 0 Å². The molecule has 0 radical (unpaired) electrons. The Morgan fingerprint density at radius 1 is 1.30 bits per heavy atom. The summed E-state index contributed by atoms with van der Waals surface area (Å²) in [6.45, 7) is 0.154. The molecule has 0 saturated heterocycles. The maximum absolute atomic E-state index is 11.9. The largest absolute Gasteiger partial charge is 0.368 e. The predicted octanol–water partition coefficient (Wildman–Crippen LogP) is 1.22. The van der Waals surface area contributed by atoms with E-state index in [0.29, 0.717) is 5.92 Å². The Bertz CT molecular complexity index is 559. The van der Waals surface area contributed by atoms with Crippen LogP contribution in [-0.2, 0) is 9.53 Å². The van der Waals surface area contributed by atoms with Crippen molar-refractivity contribution < 1.29 is 14.3 Å². The van der Waals surface area contributed by atoms with Gasteiger partial charge in [0.2, 0.25) is 5.91 Å². The van der Waals surface area contributed by atoms with Gasteiger partial charge in [-0.1, -0.05) is 19.3 Å². The third-order valence-electron chi connectivity index (χ3n) is 4.80. The van der Waals surface area contributed by atoms with Crippen LogP contribution in [0.25, 0.3) is 0 Å². The molecule has 2 amide bonds. The topological polar surface area (TPSA) is 110 Å². The van der Waals surface area contributed by atoms with E-state index in [0.717, 1.165) is 31.4 Å². The number of primary amides is 1. The van der Waals surface area contributed by atoms with Gasteiger partial charge in [-0.25, -0.2) is 0 Å². The molecule has 1 aromatic rings. The maximum Gasteiger partial charge on any atom is 0.269 e. The van der Waals surface area contributed by atoms with E-state index in [-0.39, 0.29) is 30.4 Å². The molecule has 2 saturated carbocycles. The number of hydrogen-bond acceptors (Lipinski definition) is 4. The SMILES string of the molecule is NC(=O)c1cc(C2CC(NC(=O)COC3CCCCC3)C2)[nH]n1. The number of nitrogens with one attached hydrogen (secondary N) is 2. The summed E-state index contributed by atoms with van der Waals surface area (Å²) in [6, 6.07) is 1.86. The van der Waals surface area contributed by atoms with Crippen LogP contribution in [0.4, 0.5) is 0 Å². The summed E-state index contributed by atoms with van der Waals surface area (Å²) in [5.41, 5.74) is 6.35. The fourth-order valence-electron chi connectivity index (χ4n) is 3.36. The molecule has 23 heavy (non-hydrogen) atoms. The average Bonchev–Trinajstić information content (AvgIpc) is 2.99. The molecule has 2 aliphatic rings. The second kappa shape index (κ2) is 7.12. The number of hydrogen-bond donors (Lipinski definition) is 3. The summed E-state index contributed by atoms with van der Waals surface area (Å²) in [6.07, 6.45) is 7.76. The van der Waals surface area contributed by atoms with Crippen LogP contribution >= 0.6 is 0 Å².